The molecule has 0 spiro atoms. The van der Waals surface area contributed by atoms with E-state index in [1.165, 1.54) is 6.07 Å². The lowest BCUT2D eigenvalue weighted by Crippen LogP contribution is -2.27. The monoisotopic (exact) mass is 270 g/mol. The maximum Gasteiger partial charge on any atom is 0.168 e. The van der Waals surface area contributed by atoms with Crippen LogP contribution in [0.3, 0.4) is 0 Å². The molecular formula is C12H15FN2O2S. The maximum atomic E-state index is 13.7. The van der Waals surface area contributed by atoms with Gasteiger partial charge in [0.1, 0.15) is 17.5 Å². The van der Waals surface area contributed by atoms with E-state index in [2.05, 4.69) is 5.32 Å². The SMILES string of the molecule is NC(=S)Nc1c(F)cccc1OC1CCOCC1. The molecule has 0 unspecified atom stereocenters. The maximum absolute atomic E-state index is 13.7. The average molecular weight is 270 g/mol. The molecule has 0 aromatic heterocycles. The summed E-state index contributed by atoms with van der Waals surface area (Å²) in [7, 11) is 0. The van der Waals surface area contributed by atoms with E-state index in [0.717, 1.165) is 12.8 Å². The van der Waals surface area contributed by atoms with Crippen LogP contribution in [0.5, 0.6) is 5.75 Å². The molecule has 1 saturated heterocycles. The molecular weight excluding hydrogens is 255 g/mol. The summed E-state index contributed by atoms with van der Waals surface area (Å²) in [5, 5.41) is 2.62. The second kappa shape index (κ2) is 5.97. The van der Waals surface area contributed by atoms with Crippen LogP contribution in [0.4, 0.5) is 10.1 Å². The predicted molar refractivity (Wildman–Crippen MR) is 71.3 cm³/mol. The predicted octanol–water partition coefficient (Wildman–Crippen LogP) is 2.04. The topological polar surface area (TPSA) is 56.5 Å². The van der Waals surface area contributed by atoms with Crippen molar-refractivity contribution >= 4 is 23.0 Å². The summed E-state index contributed by atoms with van der Waals surface area (Å²) >= 11 is 4.73. The highest BCUT2D eigenvalue weighted by atomic mass is 32.1. The van der Waals surface area contributed by atoms with Crippen molar-refractivity contribution in [2.75, 3.05) is 18.5 Å². The van der Waals surface area contributed by atoms with Gasteiger partial charge in [-0.1, -0.05) is 6.07 Å². The molecule has 1 aliphatic heterocycles. The van der Waals surface area contributed by atoms with E-state index in [9.17, 15) is 4.39 Å². The van der Waals surface area contributed by atoms with Crippen LogP contribution in [0.2, 0.25) is 0 Å². The summed E-state index contributed by atoms with van der Waals surface area (Å²) in [5.41, 5.74) is 5.56. The highest BCUT2D eigenvalue weighted by molar-refractivity contribution is 7.80. The number of nitrogens with two attached hydrogens (primary N) is 1. The summed E-state index contributed by atoms with van der Waals surface area (Å²) in [5.74, 6) is -0.0120. The Bertz CT molecular complexity index is 436. The zero-order valence-corrected chi connectivity index (χ0v) is 10.6. The van der Waals surface area contributed by atoms with E-state index in [-0.39, 0.29) is 16.9 Å². The lowest BCUT2D eigenvalue weighted by molar-refractivity contribution is 0.0258. The molecule has 3 N–H and O–H groups in total. The van der Waals surface area contributed by atoms with Crippen LogP contribution in [0.25, 0.3) is 0 Å². The molecule has 6 heteroatoms. The van der Waals surface area contributed by atoms with Crippen LogP contribution >= 0.6 is 12.2 Å². The first-order valence-corrected chi connectivity index (χ1v) is 6.17. The minimum Gasteiger partial charge on any atom is -0.488 e. The van der Waals surface area contributed by atoms with E-state index in [1.807, 2.05) is 0 Å². The molecule has 1 aliphatic rings. The Morgan fingerprint density at radius 3 is 2.83 bits per heavy atom. The van der Waals surface area contributed by atoms with E-state index >= 15 is 0 Å². The highest BCUT2D eigenvalue weighted by Gasteiger charge is 2.18. The van der Waals surface area contributed by atoms with Gasteiger partial charge in [-0.05, 0) is 24.4 Å². The van der Waals surface area contributed by atoms with Gasteiger partial charge in [0.15, 0.2) is 10.9 Å². The molecule has 98 valence electrons. The Morgan fingerprint density at radius 2 is 2.17 bits per heavy atom. The zero-order valence-electron chi connectivity index (χ0n) is 9.82. The third kappa shape index (κ3) is 3.30. The second-order valence-electron chi connectivity index (χ2n) is 4.03. The first-order chi connectivity index (χ1) is 8.66. The number of anilines is 1. The molecule has 18 heavy (non-hydrogen) atoms. The molecule has 2 rings (SSSR count). The van der Waals surface area contributed by atoms with E-state index in [4.69, 9.17) is 27.4 Å². The van der Waals surface area contributed by atoms with Crippen molar-refractivity contribution in [2.24, 2.45) is 5.73 Å². The Hall–Kier alpha value is -1.40. The molecule has 1 aromatic rings. The summed E-state index contributed by atoms with van der Waals surface area (Å²) in [6, 6.07) is 4.62. The summed E-state index contributed by atoms with van der Waals surface area (Å²) < 4.78 is 24.7. The minimum absolute atomic E-state index is 0.0110. The van der Waals surface area contributed by atoms with Gasteiger partial charge in [0, 0.05) is 12.8 Å². The van der Waals surface area contributed by atoms with Gasteiger partial charge in [0.25, 0.3) is 0 Å². The number of thiocarbonyl (C=S) groups is 1. The van der Waals surface area contributed by atoms with Crippen LogP contribution in [0.1, 0.15) is 12.8 Å². The third-order valence-corrected chi connectivity index (χ3v) is 2.79. The van der Waals surface area contributed by atoms with Gasteiger partial charge in [-0.25, -0.2) is 4.39 Å². The fourth-order valence-electron chi connectivity index (χ4n) is 1.82. The highest BCUT2D eigenvalue weighted by Crippen LogP contribution is 2.29. The van der Waals surface area contributed by atoms with Gasteiger partial charge in [0.2, 0.25) is 0 Å². The van der Waals surface area contributed by atoms with E-state index < -0.39 is 5.82 Å². The first-order valence-electron chi connectivity index (χ1n) is 5.76. The van der Waals surface area contributed by atoms with Crippen molar-refractivity contribution in [1.82, 2.24) is 0 Å². The lowest BCUT2D eigenvalue weighted by Gasteiger charge is -2.24. The van der Waals surface area contributed by atoms with Crippen molar-refractivity contribution in [3.63, 3.8) is 0 Å². The zero-order chi connectivity index (χ0) is 13.0. The number of rotatable bonds is 3. The lowest BCUT2D eigenvalue weighted by atomic mass is 10.1. The smallest absolute Gasteiger partial charge is 0.168 e. The van der Waals surface area contributed by atoms with Crippen molar-refractivity contribution < 1.29 is 13.9 Å². The number of hydrogen-bond donors (Lipinski definition) is 2. The molecule has 0 atom stereocenters. The van der Waals surface area contributed by atoms with Crippen LogP contribution in [-0.2, 0) is 4.74 Å². The average Bonchev–Trinajstić information content (AvgIpc) is 2.34. The van der Waals surface area contributed by atoms with Gasteiger partial charge in [-0.15, -0.1) is 0 Å². The number of nitrogens with one attached hydrogen (secondary N) is 1. The number of benzene rings is 1. The third-order valence-electron chi connectivity index (χ3n) is 2.69. The normalized spacial score (nSPS) is 16.3. The number of para-hydroxylation sites is 1. The van der Waals surface area contributed by atoms with Crippen LogP contribution in [-0.4, -0.2) is 24.4 Å². The summed E-state index contributed by atoms with van der Waals surface area (Å²) in [6.07, 6.45) is 1.62. The quantitative estimate of drug-likeness (QED) is 0.823. The Labute approximate surface area is 110 Å². The van der Waals surface area contributed by atoms with Gasteiger partial charge in [-0.2, -0.15) is 0 Å². The molecule has 4 nitrogen and oxygen atoms in total. The Kier molecular flexibility index (Phi) is 4.33. The molecule has 0 saturated carbocycles. The number of hydrogen-bond acceptors (Lipinski definition) is 3. The van der Waals surface area contributed by atoms with Crippen molar-refractivity contribution in [3.8, 4) is 5.75 Å². The molecule has 0 bridgehead atoms. The molecule has 1 heterocycles. The van der Waals surface area contributed by atoms with Crippen molar-refractivity contribution in [3.05, 3.63) is 24.0 Å². The van der Waals surface area contributed by atoms with Crippen molar-refractivity contribution in [2.45, 2.75) is 18.9 Å². The summed E-state index contributed by atoms with van der Waals surface area (Å²) in [4.78, 5) is 0. The molecule has 0 aliphatic carbocycles. The Morgan fingerprint density at radius 1 is 1.44 bits per heavy atom. The minimum atomic E-state index is -0.438. The molecule has 0 amide bonds. The standard InChI is InChI=1S/C12H15FN2O2S/c13-9-2-1-3-10(11(9)15-12(14)18)17-8-4-6-16-7-5-8/h1-3,8H,4-7H2,(H3,14,15,18). The Balaban J connectivity index is 2.15. The van der Waals surface area contributed by atoms with Crippen molar-refractivity contribution in [1.29, 1.82) is 0 Å². The van der Waals surface area contributed by atoms with Crippen LogP contribution in [0, 0.1) is 5.82 Å². The van der Waals surface area contributed by atoms with E-state index in [1.54, 1.807) is 12.1 Å². The van der Waals surface area contributed by atoms with Gasteiger partial charge in [0.05, 0.1) is 13.2 Å². The van der Waals surface area contributed by atoms with E-state index in [0.29, 0.717) is 19.0 Å². The molecule has 1 fully saturated rings. The van der Waals surface area contributed by atoms with Crippen LogP contribution < -0.4 is 15.8 Å². The first kappa shape index (κ1) is 13.0. The largest absolute Gasteiger partial charge is 0.488 e. The fraction of sp³-hybridized carbons (Fsp3) is 0.417. The van der Waals surface area contributed by atoms with Gasteiger partial charge < -0.3 is 20.5 Å². The number of ether oxygens (including phenoxy) is 2. The van der Waals surface area contributed by atoms with Gasteiger partial charge in [-0.3, -0.25) is 0 Å². The van der Waals surface area contributed by atoms with Crippen LogP contribution in [0.15, 0.2) is 18.2 Å². The summed E-state index contributed by atoms with van der Waals surface area (Å²) in [6.45, 7) is 1.33. The molecule has 0 radical (unpaired) electrons. The van der Waals surface area contributed by atoms with Gasteiger partial charge >= 0.3 is 0 Å². The number of halogens is 1. The second-order valence-corrected chi connectivity index (χ2v) is 4.47. The molecule has 1 aromatic carbocycles. The fourth-order valence-corrected chi connectivity index (χ4v) is 1.92.